The minimum absolute atomic E-state index is 0.0105. The van der Waals surface area contributed by atoms with Crippen LogP contribution in [0.15, 0.2) is 0 Å². The highest BCUT2D eigenvalue weighted by molar-refractivity contribution is 4.93. The third-order valence-corrected chi connectivity index (χ3v) is 2.80. The quantitative estimate of drug-likeness (QED) is 0.602. The molecule has 0 spiro atoms. The lowest BCUT2D eigenvalue weighted by molar-refractivity contribution is -0.184. The largest absolute Gasteiger partial charge is 0.376 e. The van der Waals surface area contributed by atoms with Gasteiger partial charge in [-0.15, -0.1) is 0 Å². The zero-order chi connectivity index (χ0) is 9.42. The molecule has 2 aliphatic heterocycles. The van der Waals surface area contributed by atoms with Gasteiger partial charge in [0.2, 0.25) is 0 Å². The number of ether oxygens (including phenoxy) is 4. The lowest BCUT2D eigenvalue weighted by Gasteiger charge is -2.39. The Hall–Kier alpha value is -0.160. The molecule has 5 unspecified atom stereocenters. The molecule has 0 aliphatic carbocycles. The van der Waals surface area contributed by atoms with Crippen molar-refractivity contribution in [2.45, 2.75) is 44.4 Å². The van der Waals surface area contributed by atoms with Crippen molar-refractivity contribution < 1.29 is 18.9 Å². The molecule has 0 aromatic carbocycles. The Balaban J connectivity index is 2.12. The first-order chi connectivity index (χ1) is 6.24. The monoisotopic (exact) mass is 188 g/mol. The van der Waals surface area contributed by atoms with Crippen molar-refractivity contribution in [3.8, 4) is 0 Å². The highest BCUT2D eigenvalue weighted by Gasteiger charge is 2.47. The molecule has 0 aromatic rings. The van der Waals surface area contributed by atoms with Crippen LogP contribution in [0.5, 0.6) is 0 Å². The Morgan fingerprint density at radius 3 is 2.46 bits per heavy atom. The first-order valence-corrected chi connectivity index (χ1v) is 4.65. The van der Waals surface area contributed by atoms with Gasteiger partial charge in [0.25, 0.3) is 0 Å². The van der Waals surface area contributed by atoms with E-state index < -0.39 is 0 Å². The minimum atomic E-state index is -0.0105. The van der Waals surface area contributed by atoms with Gasteiger partial charge in [0.1, 0.15) is 25.1 Å². The van der Waals surface area contributed by atoms with Gasteiger partial charge in [-0.25, -0.2) is 0 Å². The van der Waals surface area contributed by atoms with Crippen LogP contribution < -0.4 is 0 Å². The lowest BCUT2D eigenvalue weighted by Crippen LogP contribution is -2.54. The van der Waals surface area contributed by atoms with Crippen LogP contribution in [0, 0.1) is 0 Å². The summed E-state index contributed by atoms with van der Waals surface area (Å²) in [5.74, 6) is 0. The van der Waals surface area contributed by atoms with Crippen molar-refractivity contribution in [2.75, 3.05) is 13.9 Å². The maximum absolute atomic E-state index is 5.67. The third kappa shape index (κ3) is 1.48. The SMILES string of the molecule is COC1C(C)OC(C)C2OCOC12. The van der Waals surface area contributed by atoms with Crippen molar-refractivity contribution in [2.24, 2.45) is 0 Å². The molecule has 2 rings (SSSR count). The highest BCUT2D eigenvalue weighted by atomic mass is 16.7. The zero-order valence-electron chi connectivity index (χ0n) is 8.23. The van der Waals surface area contributed by atoms with Gasteiger partial charge in [-0.1, -0.05) is 0 Å². The van der Waals surface area contributed by atoms with Crippen molar-refractivity contribution in [3.63, 3.8) is 0 Å². The van der Waals surface area contributed by atoms with Crippen LogP contribution in [-0.4, -0.2) is 44.4 Å². The van der Waals surface area contributed by atoms with Gasteiger partial charge in [0, 0.05) is 7.11 Å². The molecule has 4 heteroatoms. The fourth-order valence-electron chi connectivity index (χ4n) is 2.16. The maximum Gasteiger partial charge on any atom is 0.148 e. The van der Waals surface area contributed by atoms with E-state index in [1.807, 2.05) is 13.8 Å². The number of rotatable bonds is 1. The Morgan fingerprint density at radius 2 is 1.77 bits per heavy atom. The molecule has 2 heterocycles. The lowest BCUT2D eigenvalue weighted by atomic mass is 9.96. The Morgan fingerprint density at radius 1 is 1.08 bits per heavy atom. The van der Waals surface area contributed by atoms with Crippen LogP contribution in [0.25, 0.3) is 0 Å². The Bertz CT molecular complexity index is 184. The summed E-state index contributed by atoms with van der Waals surface area (Å²) in [4.78, 5) is 0. The molecule has 2 saturated heterocycles. The molecule has 0 radical (unpaired) electrons. The first kappa shape index (κ1) is 9.40. The van der Waals surface area contributed by atoms with Crippen molar-refractivity contribution >= 4 is 0 Å². The predicted octanol–water partition coefficient (Wildman–Crippen LogP) is 0.550. The topological polar surface area (TPSA) is 36.9 Å². The number of methoxy groups -OCH3 is 1. The number of hydrogen-bond acceptors (Lipinski definition) is 4. The van der Waals surface area contributed by atoms with E-state index in [9.17, 15) is 0 Å². The van der Waals surface area contributed by atoms with E-state index in [2.05, 4.69) is 0 Å². The van der Waals surface area contributed by atoms with Gasteiger partial charge in [-0.2, -0.15) is 0 Å². The fourth-order valence-corrected chi connectivity index (χ4v) is 2.16. The summed E-state index contributed by atoms with van der Waals surface area (Å²) < 4.78 is 21.9. The highest BCUT2D eigenvalue weighted by Crippen LogP contribution is 2.30. The third-order valence-electron chi connectivity index (χ3n) is 2.80. The average Bonchev–Trinajstić information content (AvgIpc) is 2.53. The van der Waals surface area contributed by atoms with Gasteiger partial charge in [0.15, 0.2) is 0 Å². The summed E-state index contributed by atoms with van der Waals surface area (Å²) in [5.41, 5.74) is 0. The predicted molar refractivity (Wildman–Crippen MR) is 45.4 cm³/mol. The van der Waals surface area contributed by atoms with Crippen molar-refractivity contribution in [1.29, 1.82) is 0 Å². The molecule has 76 valence electrons. The number of hydrogen-bond donors (Lipinski definition) is 0. The summed E-state index contributed by atoms with van der Waals surface area (Å²) in [7, 11) is 1.68. The van der Waals surface area contributed by atoms with Gasteiger partial charge < -0.3 is 18.9 Å². The fraction of sp³-hybridized carbons (Fsp3) is 1.00. The van der Waals surface area contributed by atoms with Crippen LogP contribution in [0.3, 0.4) is 0 Å². The van der Waals surface area contributed by atoms with Gasteiger partial charge >= 0.3 is 0 Å². The van der Waals surface area contributed by atoms with E-state index in [1.54, 1.807) is 7.11 Å². The maximum atomic E-state index is 5.67. The molecule has 0 N–H and O–H groups in total. The normalized spacial score (nSPS) is 50.5. The number of fused-ring (bicyclic) bond motifs is 1. The molecule has 13 heavy (non-hydrogen) atoms. The van der Waals surface area contributed by atoms with Crippen LogP contribution in [0.2, 0.25) is 0 Å². The summed E-state index contributed by atoms with van der Waals surface area (Å²) >= 11 is 0. The Kier molecular flexibility index (Phi) is 2.55. The van der Waals surface area contributed by atoms with Gasteiger partial charge in [-0.3, -0.25) is 0 Å². The van der Waals surface area contributed by atoms with Crippen LogP contribution in [-0.2, 0) is 18.9 Å². The van der Waals surface area contributed by atoms with E-state index in [0.717, 1.165) is 0 Å². The standard InChI is InChI=1S/C9H16O4/c1-5-7(10-3)9-8(6(2)13-5)11-4-12-9/h5-9H,4H2,1-3H3. The molecule has 4 nitrogen and oxygen atoms in total. The smallest absolute Gasteiger partial charge is 0.148 e. The summed E-state index contributed by atoms with van der Waals surface area (Å²) in [5, 5.41) is 0. The van der Waals surface area contributed by atoms with E-state index in [4.69, 9.17) is 18.9 Å². The average molecular weight is 188 g/mol. The van der Waals surface area contributed by atoms with Crippen LogP contribution >= 0.6 is 0 Å². The molecular weight excluding hydrogens is 172 g/mol. The first-order valence-electron chi connectivity index (χ1n) is 4.65. The summed E-state index contributed by atoms with van der Waals surface area (Å²) in [6, 6.07) is 0. The van der Waals surface area contributed by atoms with Crippen molar-refractivity contribution in [1.82, 2.24) is 0 Å². The second-order valence-electron chi connectivity index (χ2n) is 3.63. The van der Waals surface area contributed by atoms with E-state index in [-0.39, 0.29) is 30.5 Å². The Labute approximate surface area is 78.1 Å². The zero-order valence-corrected chi connectivity index (χ0v) is 8.23. The minimum Gasteiger partial charge on any atom is -0.376 e. The molecule has 2 fully saturated rings. The molecule has 0 saturated carbocycles. The molecular formula is C9H16O4. The summed E-state index contributed by atoms with van der Waals surface area (Å²) in [6.07, 6.45) is 0.213. The van der Waals surface area contributed by atoms with Crippen molar-refractivity contribution in [3.05, 3.63) is 0 Å². The van der Waals surface area contributed by atoms with E-state index in [1.165, 1.54) is 0 Å². The molecule has 0 bridgehead atoms. The van der Waals surface area contributed by atoms with Gasteiger partial charge in [0.05, 0.1) is 12.2 Å². The molecule has 0 amide bonds. The van der Waals surface area contributed by atoms with Crippen LogP contribution in [0.1, 0.15) is 13.8 Å². The second kappa shape index (κ2) is 3.53. The molecule has 2 aliphatic rings. The second-order valence-corrected chi connectivity index (χ2v) is 3.63. The van der Waals surface area contributed by atoms with E-state index >= 15 is 0 Å². The molecule has 5 atom stereocenters. The molecule has 0 aromatic heterocycles. The summed E-state index contributed by atoms with van der Waals surface area (Å²) in [6.45, 7) is 4.37. The van der Waals surface area contributed by atoms with E-state index in [0.29, 0.717) is 6.79 Å². The van der Waals surface area contributed by atoms with Crippen LogP contribution in [0.4, 0.5) is 0 Å². The van der Waals surface area contributed by atoms with Gasteiger partial charge in [-0.05, 0) is 13.8 Å².